The number of ketones is 1. The first-order chi connectivity index (χ1) is 15.9. The van der Waals surface area contributed by atoms with E-state index in [0.29, 0.717) is 17.7 Å². The Morgan fingerprint density at radius 3 is 2.53 bits per heavy atom. The minimum Gasteiger partial charge on any atom is -0.460 e. The molecule has 0 fully saturated rings. The number of allylic oxidation sites excluding steroid dienone is 2. The second-order valence-electron chi connectivity index (χ2n) is 9.37. The maximum atomic E-state index is 13.2. The Hall–Kier alpha value is -3.82. The zero-order valence-electron chi connectivity index (χ0n) is 18.2. The lowest BCUT2D eigenvalue weighted by atomic mass is 9.70. The monoisotopic (exact) mass is 471 g/mol. The molecule has 3 N–H and O–H groups in total. The highest BCUT2D eigenvalue weighted by Gasteiger charge is 2.43. The lowest BCUT2D eigenvalue weighted by Crippen LogP contribution is -2.38. The summed E-state index contributed by atoms with van der Waals surface area (Å²) in [5.74, 6) is -0.548. The summed E-state index contributed by atoms with van der Waals surface area (Å²) in [5, 5.41) is 3.05. The van der Waals surface area contributed by atoms with Crippen molar-refractivity contribution in [1.82, 2.24) is 9.97 Å². The number of H-pyrrole nitrogens is 2. The van der Waals surface area contributed by atoms with Gasteiger partial charge >= 0.3 is 11.9 Å². The molecule has 2 aliphatic rings. The lowest BCUT2D eigenvalue weighted by molar-refractivity contribution is -0.137. The van der Waals surface area contributed by atoms with Gasteiger partial charge < -0.3 is 9.73 Å². The van der Waals surface area contributed by atoms with Crippen LogP contribution in [0.2, 0.25) is 0 Å². The van der Waals surface area contributed by atoms with Gasteiger partial charge in [0.1, 0.15) is 17.3 Å². The quantitative estimate of drug-likeness (QED) is 0.509. The van der Waals surface area contributed by atoms with Crippen LogP contribution < -0.4 is 16.6 Å². The van der Waals surface area contributed by atoms with Crippen LogP contribution in [0.5, 0.6) is 0 Å². The number of alkyl halides is 3. The highest BCUT2D eigenvalue weighted by atomic mass is 19.4. The summed E-state index contributed by atoms with van der Waals surface area (Å²) < 4.78 is 45.4. The van der Waals surface area contributed by atoms with Gasteiger partial charge in [0.25, 0.3) is 5.56 Å². The van der Waals surface area contributed by atoms with Crippen LogP contribution in [0.4, 0.5) is 19.0 Å². The first kappa shape index (κ1) is 22.0. The topological polar surface area (TPSA) is 108 Å². The summed E-state index contributed by atoms with van der Waals surface area (Å²) in [6, 6.07) is 7.75. The van der Waals surface area contributed by atoms with E-state index in [-0.39, 0.29) is 46.1 Å². The molecule has 10 heteroatoms. The van der Waals surface area contributed by atoms with E-state index in [0.717, 1.165) is 12.1 Å². The fourth-order valence-corrected chi connectivity index (χ4v) is 4.74. The highest BCUT2D eigenvalue weighted by molar-refractivity contribution is 6.01. The van der Waals surface area contributed by atoms with E-state index in [9.17, 15) is 27.6 Å². The zero-order valence-corrected chi connectivity index (χ0v) is 18.2. The minimum atomic E-state index is -4.51. The SMILES string of the molecule is CC1(C)CC(=O)C2=C(C1)Nc1[nH]c(=O)[nH]c(=O)c1C2c1ccc(-c2cccc(C(F)(F)F)c2)o1. The van der Waals surface area contributed by atoms with Crippen molar-refractivity contribution in [2.45, 2.75) is 38.8 Å². The van der Waals surface area contributed by atoms with Crippen LogP contribution in [-0.2, 0) is 11.0 Å². The molecule has 2 aromatic heterocycles. The van der Waals surface area contributed by atoms with Crippen molar-refractivity contribution in [3.05, 3.63) is 85.4 Å². The van der Waals surface area contributed by atoms with E-state index < -0.39 is 28.9 Å². The van der Waals surface area contributed by atoms with E-state index in [1.165, 1.54) is 24.3 Å². The molecule has 1 aliphatic carbocycles. The summed E-state index contributed by atoms with van der Waals surface area (Å²) in [4.78, 5) is 42.7. The number of hydrogen-bond acceptors (Lipinski definition) is 5. The number of furan rings is 1. The van der Waals surface area contributed by atoms with Crippen LogP contribution in [0.25, 0.3) is 11.3 Å². The molecule has 5 rings (SSSR count). The standard InChI is InChI=1S/C24H20F3N3O4/c1-23(2)9-13-17(14(31)10-23)18(19-20(28-13)29-22(33)30-21(19)32)16-7-6-15(34-16)11-4-3-5-12(8-11)24(25,26)27/h3-8,18H,9-10H2,1-2H3,(H3,28,29,30,32,33). The Bertz CT molecular complexity index is 1470. The van der Waals surface area contributed by atoms with Gasteiger partial charge in [0.15, 0.2) is 5.78 Å². The van der Waals surface area contributed by atoms with Gasteiger partial charge in [0, 0.05) is 23.3 Å². The average molecular weight is 471 g/mol. The van der Waals surface area contributed by atoms with E-state index in [1.54, 1.807) is 0 Å². The maximum absolute atomic E-state index is 13.2. The van der Waals surface area contributed by atoms with Gasteiger partial charge in [-0.25, -0.2) is 4.79 Å². The molecule has 0 radical (unpaired) electrons. The lowest BCUT2D eigenvalue weighted by Gasteiger charge is -2.37. The molecule has 3 aromatic rings. The van der Waals surface area contributed by atoms with E-state index in [2.05, 4.69) is 15.3 Å². The third-order valence-corrected chi connectivity index (χ3v) is 6.14. The summed E-state index contributed by atoms with van der Waals surface area (Å²) in [5.41, 5.74) is -1.29. The van der Waals surface area contributed by atoms with E-state index in [1.807, 2.05) is 13.8 Å². The van der Waals surface area contributed by atoms with Crippen LogP contribution in [0.15, 0.2) is 61.7 Å². The molecule has 1 aromatic carbocycles. The number of fused-ring (bicyclic) bond motifs is 1. The fraction of sp³-hybridized carbons (Fsp3) is 0.292. The third kappa shape index (κ3) is 3.68. The van der Waals surface area contributed by atoms with Gasteiger partial charge in [-0.2, -0.15) is 13.2 Å². The summed E-state index contributed by atoms with van der Waals surface area (Å²) >= 11 is 0. The van der Waals surface area contributed by atoms with E-state index in [4.69, 9.17) is 4.42 Å². The van der Waals surface area contributed by atoms with Gasteiger partial charge in [-0.3, -0.25) is 19.6 Å². The van der Waals surface area contributed by atoms with Crippen LogP contribution in [-0.4, -0.2) is 15.8 Å². The maximum Gasteiger partial charge on any atom is 0.416 e. The minimum absolute atomic E-state index is 0.108. The number of rotatable bonds is 2. The number of hydrogen-bond donors (Lipinski definition) is 3. The third-order valence-electron chi connectivity index (χ3n) is 6.14. The molecule has 1 aliphatic heterocycles. The number of anilines is 1. The van der Waals surface area contributed by atoms with Crippen molar-refractivity contribution < 1.29 is 22.4 Å². The summed E-state index contributed by atoms with van der Waals surface area (Å²) in [6.07, 6.45) is -3.76. The summed E-state index contributed by atoms with van der Waals surface area (Å²) in [7, 11) is 0. The molecule has 34 heavy (non-hydrogen) atoms. The number of aromatic nitrogens is 2. The molecule has 176 valence electrons. The van der Waals surface area contributed by atoms with Crippen molar-refractivity contribution in [2.24, 2.45) is 5.41 Å². The first-order valence-electron chi connectivity index (χ1n) is 10.6. The second-order valence-corrected chi connectivity index (χ2v) is 9.37. The molecule has 1 unspecified atom stereocenters. The van der Waals surface area contributed by atoms with Gasteiger partial charge in [0.05, 0.1) is 17.0 Å². The second kappa shape index (κ2) is 7.34. The molecule has 0 amide bonds. The smallest absolute Gasteiger partial charge is 0.416 e. The molecule has 1 atom stereocenters. The van der Waals surface area contributed by atoms with Crippen LogP contribution in [0.1, 0.15) is 49.5 Å². The van der Waals surface area contributed by atoms with Gasteiger partial charge in [-0.05, 0) is 36.1 Å². The normalized spacial score (nSPS) is 19.4. The molecule has 3 heterocycles. The van der Waals surface area contributed by atoms with Crippen molar-refractivity contribution in [1.29, 1.82) is 0 Å². The Morgan fingerprint density at radius 2 is 1.79 bits per heavy atom. The van der Waals surface area contributed by atoms with Crippen LogP contribution in [0.3, 0.4) is 0 Å². The average Bonchev–Trinajstić information content (AvgIpc) is 3.20. The molecule has 0 saturated heterocycles. The number of carbonyl (C=O) groups is 1. The Morgan fingerprint density at radius 1 is 1.03 bits per heavy atom. The number of Topliss-reactive ketones (excluding diaryl/α,β-unsaturated/α-hetero) is 1. The first-order valence-corrected chi connectivity index (χ1v) is 10.6. The molecule has 0 saturated carbocycles. The highest BCUT2D eigenvalue weighted by Crippen LogP contribution is 2.48. The van der Waals surface area contributed by atoms with Gasteiger partial charge in [0.2, 0.25) is 0 Å². The predicted octanol–water partition coefficient (Wildman–Crippen LogP) is 4.54. The zero-order chi connectivity index (χ0) is 24.4. The van der Waals surface area contributed by atoms with Crippen molar-refractivity contribution in [2.75, 3.05) is 5.32 Å². The number of nitrogens with one attached hydrogen (secondary N) is 3. The largest absolute Gasteiger partial charge is 0.460 e. The Kier molecular flexibility index (Phi) is 4.75. The number of aromatic amines is 2. The van der Waals surface area contributed by atoms with Crippen molar-refractivity contribution >= 4 is 11.6 Å². The van der Waals surface area contributed by atoms with Crippen molar-refractivity contribution in [3.8, 4) is 11.3 Å². The van der Waals surface area contributed by atoms with Crippen LogP contribution >= 0.6 is 0 Å². The molecule has 7 nitrogen and oxygen atoms in total. The predicted molar refractivity (Wildman–Crippen MR) is 117 cm³/mol. The molecule has 0 bridgehead atoms. The molecular formula is C24H20F3N3O4. The van der Waals surface area contributed by atoms with Crippen LogP contribution in [0, 0.1) is 5.41 Å². The van der Waals surface area contributed by atoms with Gasteiger partial charge in [-0.1, -0.05) is 26.0 Å². The fourth-order valence-electron chi connectivity index (χ4n) is 4.74. The number of carbonyl (C=O) groups excluding carboxylic acids is 1. The Labute approximate surface area is 190 Å². The summed E-state index contributed by atoms with van der Waals surface area (Å²) in [6.45, 7) is 3.89. The van der Waals surface area contributed by atoms with Gasteiger partial charge in [-0.15, -0.1) is 0 Å². The van der Waals surface area contributed by atoms with Crippen molar-refractivity contribution in [3.63, 3.8) is 0 Å². The number of halogens is 3. The molecular weight excluding hydrogens is 451 g/mol. The number of benzene rings is 1. The molecule has 0 spiro atoms. The van der Waals surface area contributed by atoms with E-state index >= 15 is 0 Å². The Balaban J connectivity index is 1.67.